The third kappa shape index (κ3) is 4.64. The molecule has 0 atom stereocenters. The Morgan fingerprint density at radius 3 is 2.74 bits per heavy atom. The van der Waals surface area contributed by atoms with Crippen molar-refractivity contribution in [2.45, 2.75) is 12.8 Å². The lowest BCUT2D eigenvalue weighted by Gasteiger charge is -2.30. The number of hydrogen-bond acceptors (Lipinski definition) is 6. The first kappa shape index (κ1) is 17.2. The number of hydrogen-bond donors (Lipinski definition) is 2. The van der Waals surface area contributed by atoms with Gasteiger partial charge in [0.15, 0.2) is 0 Å². The first-order chi connectivity index (χ1) is 11.0. The van der Waals surface area contributed by atoms with Crippen molar-refractivity contribution in [3.8, 4) is 5.75 Å². The highest BCUT2D eigenvalue weighted by atomic mass is 16.6. The van der Waals surface area contributed by atoms with Crippen LogP contribution < -0.4 is 10.1 Å². The zero-order valence-corrected chi connectivity index (χ0v) is 13.0. The summed E-state index contributed by atoms with van der Waals surface area (Å²) in [5, 5.41) is 22.8. The number of anilines is 1. The number of nitrogens with one attached hydrogen (secondary N) is 1. The third-order valence-electron chi connectivity index (χ3n) is 4.01. The van der Waals surface area contributed by atoms with Crippen molar-refractivity contribution in [1.29, 1.82) is 0 Å². The largest absolute Gasteiger partial charge is 0.496 e. The summed E-state index contributed by atoms with van der Waals surface area (Å²) in [5.74, 6) is 0.374. The Morgan fingerprint density at radius 2 is 2.17 bits per heavy atom. The molecule has 0 unspecified atom stereocenters. The van der Waals surface area contributed by atoms with Gasteiger partial charge in [-0.1, -0.05) is 0 Å². The third-order valence-corrected chi connectivity index (χ3v) is 4.01. The molecule has 0 aromatic heterocycles. The number of aliphatic hydroxyl groups is 1. The minimum atomic E-state index is -0.551. The zero-order valence-electron chi connectivity index (χ0n) is 13.0. The second-order valence-corrected chi connectivity index (χ2v) is 5.59. The molecule has 1 amide bonds. The van der Waals surface area contributed by atoms with Crippen LogP contribution in [0.5, 0.6) is 5.75 Å². The molecule has 1 aromatic rings. The summed E-state index contributed by atoms with van der Waals surface area (Å²) in [6.45, 7) is 1.84. The molecule has 1 aliphatic heterocycles. The standard InChI is InChI=1S/C15H21N3O5/c1-23-12-2-3-13(14(8-12)18(21)22)16-15(20)9-17-6-4-11(10-19)5-7-17/h2-3,8,11,19H,4-7,9-10H2,1H3,(H,16,20). The molecule has 1 fully saturated rings. The highest BCUT2D eigenvalue weighted by Crippen LogP contribution is 2.29. The number of amides is 1. The van der Waals surface area contributed by atoms with Crippen molar-refractivity contribution < 1.29 is 19.6 Å². The van der Waals surface area contributed by atoms with Gasteiger partial charge in [-0.2, -0.15) is 0 Å². The van der Waals surface area contributed by atoms with Crippen LogP contribution in [0, 0.1) is 16.0 Å². The minimum Gasteiger partial charge on any atom is -0.496 e. The van der Waals surface area contributed by atoms with E-state index in [9.17, 15) is 14.9 Å². The number of likely N-dealkylation sites (tertiary alicyclic amines) is 1. The molecule has 0 radical (unpaired) electrons. The van der Waals surface area contributed by atoms with E-state index in [1.54, 1.807) is 6.07 Å². The topological polar surface area (TPSA) is 105 Å². The maximum Gasteiger partial charge on any atom is 0.296 e. The van der Waals surface area contributed by atoms with E-state index in [1.807, 2.05) is 4.90 Å². The lowest BCUT2D eigenvalue weighted by Crippen LogP contribution is -2.39. The van der Waals surface area contributed by atoms with Gasteiger partial charge in [-0.3, -0.25) is 19.8 Å². The lowest BCUT2D eigenvalue weighted by atomic mass is 9.98. The summed E-state index contributed by atoms with van der Waals surface area (Å²) in [7, 11) is 1.42. The second kappa shape index (κ2) is 7.89. The number of aliphatic hydroxyl groups excluding tert-OH is 1. The van der Waals surface area contributed by atoms with E-state index in [-0.39, 0.29) is 30.4 Å². The van der Waals surface area contributed by atoms with Gasteiger partial charge in [-0.15, -0.1) is 0 Å². The Bertz CT molecular complexity index is 570. The number of rotatable bonds is 6. The number of benzene rings is 1. The van der Waals surface area contributed by atoms with E-state index in [0.717, 1.165) is 25.9 Å². The van der Waals surface area contributed by atoms with Gasteiger partial charge in [0.25, 0.3) is 5.69 Å². The Balaban J connectivity index is 1.96. The number of piperidine rings is 1. The molecule has 8 nitrogen and oxygen atoms in total. The Labute approximate surface area is 134 Å². The highest BCUT2D eigenvalue weighted by molar-refractivity contribution is 5.94. The van der Waals surface area contributed by atoms with Gasteiger partial charge in [-0.25, -0.2) is 0 Å². The van der Waals surface area contributed by atoms with Crippen LogP contribution in [0.4, 0.5) is 11.4 Å². The number of carbonyl (C=O) groups is 1. The van der Waals surface area contributed by atoms with Crippen molar-refractivity contribution >= 4 is 17.3 Å². The molecule has 126 valence electrons. The summed E-state index contributed by atoms with van der Waals surface area (Å²) in [6.07, 6.45) is 1.71. The molecule has 1 heterocycles. The van der Waals surface area contributed by atoms with Crippen LogP contribution in [0.25, 0.3) is 0 Å². The summed E-state index contributed by atoms with van der Waals surface area (Å²) in [6, 6.07) is 4.31. The lowest BCUT2D eigenvalue weighted by molar-refractivity contribution is -0.384. The fraction of sp³-hybridized carbons (Fsp3) is 0.533. The highest BCUT2D eigenvalue weighted by Gasteiger charge is 2.22. The Kier molecular flexibility index (Phi) is 5.89. The van der Waals surface area contributed by atoms with E-state index in [2.05, 4.69) is 5.32 Å². The summed E-state index contributed by atoms with van der Waals surface area (Å²) >= 11 is 0. The fourth-order valence-corrected chi connectivity index (χ4v) is 2.62. The SMILES string of the molecule is COc1ccc(NC(=O)CN2CCC(CO)CC2)c([N+](=O)[O-])c1. The molecule has 1 aromatic carbocycles. The van der Waals surface area contributed by atoms with Gasteiger partial charge < -0.3 is 15.2 Å². The summed E-state index contributed by atoms with van der Waals surface area (Å²) < 4.78 is 4.96. The van der Waals surface area contributed by atoms with E-state index in [0.29, 0.717) is 11.7 Å². The zero-order chi connectivity index (χ0) is 16.8. The van der Waals surface area contributed by atoms with Gasteiger partial charge in [-0.05, 0) is 44.0 Å². The molecule has 2 N–H and O–H groups in total. The Morgan fingerprint density at radius 1 is 1.48 bits per heavy atom. The van der Waals surface area contributed by atoms with Gasteiger partial charge in [0, 0.05) is 6.61 Å². The minimum absolute atomic E-state index is 0.158. The molecule has 0 aliphatic carbocycles. The van der Waals surface area contributed by atoms with Crippen LogP contribution in [0.1, 0.15) is 12.8 Å². The van der Waals surface area contributed by atoms with Crippen LogP contribution in [0.2, 0.25) is 0 Å². The van der Waals surface area contributed by atoms with Gasteiger partial charge in [0.2, 0.25) is 5.91 Å². The van der Waals surface area contributed by atoms with Crippen LogP contribution in [-0.2, 0) is 4.79 Å². The average molecular weight is 323 g/mol. The van der Waals surface area contributed by atoms with E-state index in [4.69, 9.17) is 9.84 Å². The fourth-order valence-electron chi connectivity index (χ4n) is 2.62. The average Bonchev–Trinajstić information content (AvgIpc) is 2.55. The molecular formula is C15H21N3O5. The predicted octanol–water partition coefficient (Wildman–Crippen LogP) is 1.25. The number of methoxy groups -OCH3 is 1. The predicted molar refractivity (Wildman–Crippen MR) is 84.5 cm³/mol. The van der Waals surface area contributed by atoms with Crippen LogP contribution in [0.3, 0.4) is 0 Å². The van der Waals surface area contributed by atoms with E-state index < -0.39 is 4.92 Å². The first-order valence-electron chi connectivity index (χ1n) is 7.49. The van der Waals surface area contributed by atoms with Gasteiger partial charge in [0.1, 0.15) is 11.4 Å². The van der Waals surface area contributed by atoms with Crippen molar-refractivity contribution in [2.24, 2.45) is 5.92 Å². The molecule has 23 heavy (non-hydrogen) atoms. The van der Waals surface area contributed by atoms with Crippen molar-refractivity contribution in [3.05, 3.63) is 28.3 Å². The van der Waals surface area contributed by atoms with Crippen molar-refractivity contribution in [2.75, 3.05) is 38.7 Å². The van der Waals surface area contributed by atoms with E-state index in [1.165, 1.54) is 19.2 Å². The maximum absolute atomic E-state index is 12.1. The first-order valence-corrected chi connectivity index (χ1v) is 7.49. The molecule has 1 saturated heterocycles. The van der Waals surface area contributed by atoms with Gasteiger partial charge in [0.05, 0.1) is 24.6 Å². The monoisotopic (exact) mass is 323 g/mol. The van der Waals surface area contributed by atoms with Crippen molar-refractivity contribution in [1.82, 2.24) is 4.90 Å². The number of nitro groups is 1. The molecule has 2 rings (SSSR count). The number of nitro benzene ring substituents is 1. The molecule has 0 saturated carbocycles. The normalized spacial score (nSPS) is 16.1. The second-order valence-electron chi connectivity index (χ2n) is 5.59. The molecule has 8 heteroatoms. The van der Waals surface area contributed by atoms with Gasteiger partial charge >= 0.3 is 0 Å². The molecular weight excluding hydrogens is 302 g/mol. The number of carbonyl (C=O) groups excluding carboxylic acids is 1. The molecule has 0 spiro atoms. The van der Waals surface area contributed by atoms with E-state index >= 15 is 0 Å². The maximum atomic E-state index is 12.1. The quantitative estimate of drug-likeness (QED) is 0.603. The van der Waals surface area contributed by atoms with Crippen molar-refractivity contribution in [3.63, 3.8) is 0 Å². The smallest absolute Gasteiger partial charge is 0.296 e. The summed E-state index contributed by atoms with van der Waals surface area (Å²) in [5.41, 5.74) is -0.0391. The van der Waals surface area contributed by atoms with Crippen LogP contribution in [-0.4, -0.2) is 54.2 Å². The number of nitrogens with zero attached hydrogens (tertiary/aromatic N) is 2. The van der Waals surface area contributed by atoms with Crippen LogP contribution in [0.15, 0.2) is 18.2 Å². The number of ether oxygens (including phenoxy) is 1. The summed E-state index contributed by atoms with van der Waals surface area (Å²) in [4.78, 5) is 24.6. The van der Waals surface area contributed by atoms with Crippen LogP contribution >= 0.6 is 0 Å². The molecule has 0 bridgehead atoms. The molecule has 1 aliphatic rings. The Hall–Kier alpha value is -2.19.